The Bertz CT molecular complexity index is 1370. The number of aromatic nitrogens is 5. The molecule has 11 nitrogen and oxygen atoms in total. The van der Waals surface area contributed by atoms with Gasteiger partial charge in [0, 0.05) is 41.5 Å². The monoisotopic (exact) mass is 509 g/mol. The van der Waals surface area contributed by atoms with Crippen molar-refractivity contribution < 1.29 is 23.1 Å². The van der Waals surface area contributed by atoms with Crippen LogP contribution in [0.5, 0.6) is 5.88 Å². The Morgan fingerprint density at radius 2 is 2.08 bits per heavy atom. The third-order valence-electron chi connectivity index (χ3n) is 8.09. The van der Waals surface area contributed by atoms with E-state index in [0.717, 1.165) is 19.0 Å². The molecule has 1 spiro atoms. The van der Waals surface area contributed by atoms with Gasteiger partial charge in [-0.3, -0.25) is 14.7 Å². The number of H-pyrrole nitrogens is 1. The van der Waals surface area contributed by atoms with E-state index in [-0.39, 0.29) is 46.7 Å². The zero-order chi connectivity index (χ0) is 25.9. The number of nitrogens with one attached hydrogen (secondary N) is 1. The van der Waals surface area contributed by atoms with Crippen molar-refractivity contribution in [2.24, 2.45) is 17.6 Å². The second-order valence-electron chi connectivity index (χ2n) is 10.4. The smallest absolute Gasteiger partial charge is 0.274 e. The lowest BCUT2D eigenvalue weighted by Gasteiger charge is -2.40. The van der Waals surface area contributed by atoms with E-state index < -0.39 is 11.4 Å². The molecule has 2 saturated carbocycles. The first-order chi connectivity index (χ1) is 17.8. The molecule has 1 aliphatic heterocycles. The van der Waals surface area contributed by atoms with E-state index in [9.17, 15) is 14.0 Å². The number of methoxy groups -OCH3 is 1. The fourth-order valence-electron chi connectivity index (χ4n) is 5.75. The molecule has 4 heterocycles. The Kier molecular flexibility index (Phi) is 5.50. The van der Waals surface area contributed by atoms with Gasteiger partial charge in [0.2, 0.25) is 23.6 Å². The summed E-state index contributed by atoms with van der Waals surface area (Å²) in [6.07, 6.45) is 4.83. The lowest BCUT2D eigenvalue weighted by molar-refractivity contribution is -0.124. The van der Waals surface area contributed by atoms with Crippen LogP contribution in [0, 0.1) is 17.7 Å². The van der Waals surface area contributed by atoms with Crippen LogP contribution in [0.3, 0.4) is 0 Å². The number of carbonyl (C=O) groups excluding carboxylic acids is 2. The third-order valence-corrected chi connectivity index (χ3v) is 8.09. The lowest BCUT2D eigenvalue weighted by atomic mass is 9.85. The van der Waals surface area contributed by atoms with Crippen LogP contribution in [-0.4, -0.2) is 61.3 Å². The molecular formula is C25H28FN7O4. The molecule has 0 bridgehead atoms. The lowest BCUT2D eigenvalue weighted by Crippen LogP contribution is -2.51. The average molecular weight is 510 g/mol. The summed E-state index contributed by atoms with van der Waals surface area (Å²) in [4.78, 5) is 31.5. The molecule has 194 valence electrons. The predicted molar refractivity (Wildman–Crippen MR) is 127 cm³/mol. The largest absolute Gasteiger partial charge is 0.481 e. The van der Waals surface area contributed by atoms with E-state index in [0.29, 0.717) is 49.2 Å². The number of aromatic amines is 1. The number of primary amides is 1. The number of amides is 2. The van der Waals surface area contributed by atoms with Gasteiger partial charge in [-0.05, 0) is 44.1 Å². The molecule has 2 aliphatic carbocycles. The Balaban J connectivity index is 1.27. The molecule has 3 aromatic rings. The molecule has 3 N–H and O–H groups in total. The summed E-state index contributed by atoms with van der Waals surface area (Å²) in [5.74, 6) is 0.242. The molecular weight excluding hydrogens is 481 g/mol. The minimum Gasteiger partial charge on any atom is -0.481 e. The third kappa shape index (κ3) is 4.04. The normalized spacial score (nSPS) is 25.8. The van der Waals surface area contributed by atoms with Crippen LogP contribution in [0.25, 0.3) is 11.3 Å². The summed E-state index contributed by atoms with van der Waals surface area (Å²) in [5.41, 5.74) is 5.81. The molecule has 3 aromatic heterocycles. The Hall–Kier alpha value is -3.83. The van der Waals surface area contributed by atoms with Crippen molar-refractivity contribution >= 4 is 11.8 Å². The van der Waals surface area contributed by atoms with Gasteiger partial charge in [0.1, 0.15) is 0 Å². The summed E-state index contributed by atoms with van der Waals surface area (Å²) in [7, 11) is 1.44. The molecule has 4 atom stereocenters. The number of carbonyl (C=O) groups is 2. The first kappa shape index (κ1) is 23.6. The van der Waals surface area contributed by atoms with Crippen LogP contribution < -0.4 is 10.5 Å². The van der Waals surface area contributed by atoms with E-state index in [1.165, 1.54) is 19.2 Å². The van der Waals surface area contributed by atoms with Gasteiger partial charge in [0.05, 0.1) is 19.0 Å². The highest BCUT2D eigenvalue weighted by Gasteiger charge is 2.64. The number of hydrogen-bond donors (Lipinski definition) is 2. The fraction of sp³-hybridized carbons (Fsp3) is 0.520. The summed E-state index contributed by atoms with van der Waals surface area (Å²) in [5, 5.41) is 15.4. The van der Waals surface area contributed by atoms with E-state index in [2.05, 4.69) is 25.4 Å². The maximum Gasteiger partial charge on any atom is 0.274 e. The van der Waals surface area contributed by atoms with Crippen molar-refractivity contribution in [1.82, 2.24) is 30.3 Å². The minimum absolute atomic E-state index is 0.0337. The van der Waals surface area contributed by atoms with Gasteiger partial charge in [0.15, 0.2) is 11.5 Å². The number of piperidine rings is 1. The molecule has 3 aliphatic rings. The highest BCUT2D eigenvalue weighted by Crippen LogP contribution is 2.60. The SMILES string of the molecule is COc1cc(-c2cc(C(=O)N3CCC(C(N)=O)CC34CC4[C@H](C)c3nnc(C4CC4)o3)n[nH]2)c(F)cn1. The number of ether oxygens (including phenoxy) is 1. The molecule has 3 unspecified atom stereocenters. The van der Waals surface area contributed by atoms with Crippen molar-refractivity contribution in [3.8, 4) is 17.1 Å². The van der Waals surface area contributed by atoms with E-state index in [4.69, 9.17) is 14.9 Å². The van der Waals surface area contributed by atoms with Gasteiger partial charge in [0.25, 0.3) is 5.91 Å². The van der Waals surface area contributed by atoms with Gasteiger partial charge in [-0.2, -0.15) is 5.10 Å². The first-order valence-electron chi connectivity index (χ1n) is 12.5. The highest BCUT2D eigenvalue weighted by molar-refractivity contribution is 5.94. The van der Waals surface area contributed by atoms with Crippen molar-refractivity contribution in [2.45, 2.75) is 56.4 Å². The van der Waals surface area contributed by atoms with Gasteiger partial charge >= 0.3 is 0 Å². The van der Waals surface area contributed by atoms with E-state index >= 15 is 0 Å². The topological polar surface area (TPSA) is 153 Å². The average Bonchev–Trinajstić information content (AvgIpc) is 3.74. The van der Waals surface area contributed by atoms with Crippen LogP contribution in [0.1, 0.15) is 73.1 Å². The summed E-state index contributed by atoms with van der Waals surface area (Å²) >= 11 is 0. The highest BCUT2D eigenvalue weighted by atomic mass is 19.1. The quantitative estimate of drug-likeness (QED) is 0.493. The molecule has 0 radical (unpaired) electrons. The summed E-state index contributed by atoms with van der Waals surface area (Å²) in [6, 6.07) is 2.96. The standard InChI is InChI=1S/C25H28FN7O4/c1-12(22-31-32-23(37-22)13-3-4-13)16-10-25(16)9-14(21(27)34)5-6-33(25)24(35)19-8-18(29-30-19)15-7-20(36-2)28-11-17(15)26/h7-8,11-14,16H,3-6,9-10H2,1-2H3,(H2,27,34)(H,29,30)/t12-,14?,16?,25?/m0/s1. The van der Waals surface area contributed by atoms with Gasteiger partial charge < -0.3 is 19.8 Å². The van der Waals surface area contributed by atoms with Crippen molar-refractivity contribution in [3.05, 3.63) is 41.6 Å². The molecule has 12 heteroatoms. The fourth-order valence-corrected chi connectivity index (χ4v) is 5.75. The van der Waals surface area contributed by atoms with Crippen molar-refractivity contribution in [1.29, 1.82) is 0 Å². The number of hydrogen-bond acceptors (Lipinski definition) is 8. The number of pyridine rings is 1. The predicted octanol–water partition coefficient (Wildman–Crippen LogP) is 2.78. The Labute approximate surface area is 212 Å². The van der Waals surface area contributed by atoms with Crippen molar-refractivity contribution in [2.75, 3.05) is 13.7 Å². The first-order valence-corrected chi connectivity index (χ1v) is 12.5. The molecule has 2 amide bonds. The number of rotatable bonds is 7. The number of likely N-dealkylation sites (tertiary alicyclic amines) is 1. The Morgan fingerprint density at radius 3 is 2.81 bits per heavy atom. The molecule has 6 rings (SSSR count). The minimum atomic E-state index is -0.566. The summed E-state index contributed by atoms with van der Waals surface area (Å²) in [6.45, 7) is 2.39. The van der Waals surface area contributed by atoms with E-state index in [1.807, 2.05) is 6.92 Å². The van der Waals surface area contributed by atoms with Crippen LogP contribution in [0.4, 0.5) is 4.39 Å². The zero-order valence-electron chi connectivity index (χ0n) is 20.6. The second kappa shape index (κ2) is 8.63. The number of halogens is 1. The molecule has 37 heavy (non-hydrogen) atoms. The number of nitrogens with zero attached hydrogens (tertiary/aromatic N) is 5. The molecule has 3 fully saturated rings. The maximum absolute atomic E-state index is 14.4. The van der Waals surface area contributed by atoms with Crippen LogP contribution in [-0.2, 0) is 4.79 Å². The second-order valence-corrected chi connectivity index (χ2v) is 10.4. The van der Waals surface area contributed by atoms with Gasteiger partial charge in [-0.1, -0.05) is 6.92 Å². The van der Waals surface area contributed by atoms with Crippen LogP contribution in [0.2, 0.25) is 0 Å². The van der Waals surface area contributed by atoms with Crippen LogP contribution in [0.15, 0.2) is 22.7 Å². The molecule has 1 saturated heterocycles. The van der Waals surface area contributed by atoms with E-state index in [1.54, 1.807) is 4.90 Å². The number of nitrogens with two attached hydrogens (primary N) is 1. The zero-order valence-corrected chi connectivity index (χ0v) is 20.6. The van der Waals surface area contributed by atoms with Crippen LogP contribution >= 0.6 is 0 Å². The Morgan fingerprint density at radius 1 is 1.27 bits per heavy atom. The van der Waals surface area contributed by atoms with Gasteiger partial charge in [-0.15, -0.1) is 10.2 Å². The maximum atomic E-state index is 14.4. The van der Waals surface area contributed by atoms with Crippen molar-refractivity contribution in [3.63, 3.8) is 0 Å². The summed E-state index contributed by atoms with van der Waals surface area (Å²) < 4.78 is 25.5. The van der Waals surface area contributed by atoms with Gasteiger partial charge in [-0.25, -0.2) is 9.37 Å². The molecule has 0 aromatic carbocycles.